The van der Waals surface area contributed by atoms with E-state index in [9.17, 15) is 4.79 Å². The molecule has 0 radical (unpaired) electrons. The number of rotatable bonds is 5. The van der Waals surface area contributed by atoms with Gasteiger partial charge in [-0.25, -0.2) is 0 Å². The minimum atomic E-state index is -0.0178. The number of amides is 1. The fourth-order valence-corrected chi connectivity index (χ4v) is 4.15. The molecule has 2 aliphatic rings. The summed E-state index contributed by atoms with van der Waals surface area (Å²) < 4.78 is 0. The van der Waals surface area contributed by atoms with E-state index in [-0.39, 0.29) is 11.2 Å². The molecule has 1 atom stereocenters. The van der Waals surface area contributed by atoms with Gasteiger partial charge in [0.25, 0.3) is 0 Å². The molecule has 4 nitrogen and oxygen atoms in total. The van der Waals surface area contributed by atoms with Crippen LogP contribution >= 0.6 is 11.8 Å². The molecule has 1 saturated heterocycles. The van der Waals surface area contributed by atoms with Gasteiger partial charge in [-0.1, -0.05) is 55.6 Å². The second-order valence-corrected chi connectivity index (χ2v) is 7.45. The first-order valence-electron chi connectivity index (χ1n) is 8.65. The fourth-order valence-electron chi connectivity index (χ4n) is 3.11. The van der Waals surface area contributed by atoms with Crippen LogP contribution in [-0.2, 0) is 4.79 Å². The first-order valence-corrected chi connectivity index (χ1v) is 9.53. The van der Waals surface area contributed by atoms with Crippen LogP contribution in [0.2, 0.25) is 0 Å². The van der Waals surface area contributed by atoms with Crippen molar-refractivity contribution in [1.82, 2.24) is 5.32 Å². The Bertz CT molecular complexity index is 538. The number of hydrogen-bond acceptors (Lipinski definition) is 4. The maximum Gasteiger partial charge on any atom is 0.239 e. The van der Waals surface area contributed by atoms with Crippen LogP contribution in [0.5, 0.6) is 0 Å². The molecule has 0 bridgehead atoms. The Morgan fingerprint density at radius 1 is 1.13 bits per heavy atom. The van der Waals surface area contributed by atoms with Gasteiger partial charge in [0, 0.05) is 12.2 Å². The predicted octanol–water partition coefficient (Wildman–Crippen LogP) is 3.80. The van der Waals surface area contributed by atoms with E-state index in [0.717, 1.165) is 23.8 Å². The molecule has 1 unspecified atom stereocenters. The summed E-state index contributed by atoms with van der Waals surface area (Å²) >= 11 is 1.60. The molecular formula is C18H25N3OS. The third kappa shape index (κ3) is 4.99. The highest BCUT2D eigenvalue weighted by molar-refractivity contribution is 8.15. The van der Waals surface area contributed by atoms with E-state index in [1.54, 1.807) is 11.8 Å². The quantitative estimate of drug-likeness (QED) is 0.807. The number of hydrogen-bond donors (Lipinski definition) is 2. The summed E-state index contributed by atoms with van der Waals surface area (Å²) in [5.41, 5.74) is 1.10. The number of carbonyl (C=O) groups is 1. The van der Waals surface area contributed by atoms with Crippen molar-refractivity contribution in [3.8, 4) is 0 Å². The molecular weight excluding hydrogens is 306 g/mol. The number of anilines is 1. The van der Waals surface area contributed by atoms with Gasteiger partial charge in [-0.3, -0.25) is 9.79 Å². The number of amidine groups is 1. The zero-order valence-corrected chi connectivity index (χ0v) is 14.3. The number of benzene rings is 1. The van der Waals surface area contributed by atoms with E-state index < -0.39 is 0 Å². The lowest BCUT2D eigenvalue weighted by molar-refractivity contribution is -0.118. The molecule has 0 spiro atoms. The van der Waals surface area contributed by atoms with E-state index in [1.807, 2.05) is 30.3 Å². The highest BCUT2D eigenvalue weighted by Crippen LogP contribution is 2.26. The molecule has 3 rings (SSSR count). The molecule has 124 valence electrons. The minimum absolute atomic E-state index is 0.0178. The van der Waals surface area contributed by atoms with Crippen LogP contribution in [0.1, 0.15) is 44.9 Å². The average molecular weight is 331 g/mol. The smallest absolute Gasteiger partial charge is 0.239 e. The predicted molar refractivity (Wildman–Crippen MR) is 98.0 cm³/mol. The molecule has 1 heterocycles. The SMILES string of the molecule is O=C1NC(=NC2CCCCCC2)SC1CCNc1ccccc1. The number of carbonyl (C=O) groups excluding carboxylic acids is 1. The lowest BCUT2D eigenvalue weighted by Crippen LogP contribution is -2.26. The first-order chi connectivity index (χ1) is 11.3. The monoisotopic (exact) mass is 331 g/mol. The molecule has 0 aromatic heterocycles. The van der Waals surface area contributed by atoms with Crippen LogP contribution in [-0.4, -0.2) is 28.9 Å². The zero-order valence-electron chi connectivity index (χ0n) is 13.5. The summed E-state index contributed by atoms with van der Waals surface area (Å²) in [6, 6.07) is 10.5. The Kier molecular flexibility index (Phi) is 5.97. The number of nitrogens with zero attached hydrogens (tertiary/aromatic N) is 1. The van der Waals surface area contributed by atoms with Crippen LogP contribution in [0.25, 0.3) is 0 Å². The number of aliphatic imine (C=N–C) groups is 1. The van der Waals surface area contributed by atoms with Gasteiger partial charge in [0.05, 0.1) is 11.3 Å². The molecule has 5 heteroatoms. The normalized spacial score (nSPS) is 24.4. The van der Waals surface area contributed by atoms with Gasteiger partial charge in [0.1, 0.15) is 0 Å². The molecule has 2 N–H and O–H groups in total. The van der Waals surface area contributed by atoms with Crippen LogP contribution in [0, 0.1) is 0 Å². The summed E-state index contributed by atoms with van der Waals surface area (Å²) in [6.45, 7) is 0.797. The first kappa shape index (κ1) is 16.4. The molecule has 2 fully saturated rings. The standard InChI is InChI=1S/C18H25N3OS/c22-17-16(12-13-19-14-8-6-3-7-9-14)23-18(21-17)20-15-10-4-1-2-5-11-15/h3,6-9,15-16,19H,1-2,4-5,10-13H2,(H,20,21,22). The van der Waals surface area contributed by atoms with E-state index in [1.165, 1.54) is 38.5 Å². The Balaban J connectivity index is 1.47. The van der Waals surface area contributed by atoms with Crippen LogP contribution in [0.15, 0.2) is 35.3 Å². The highest BCUT2D eigenvalue weighted by Gasteiger charge is 2.30. The van der Waals surface area contributed by atoms with Crippen molar-refractivity contribution >= 4 is 28.5 Å². The Morgan fingerprint density at radius 2 is 1.87 bits per heavy atom. The van der Waals surface area contributed by atoms with Crippen molar-refractivity contribution in [3.63, 3.8) is 0 Å². The molecule has 1 amide bonds. The van der Waals surface area contributed by atoms with Crippen molar-refractivity contribution in [3.05, 3.63) is 30.3 Å². The molecule has 1 saturated carbocycles. The molecule has 1 aromatic rings. The largest absolute Gasteiger partial charge is 0.385 e. The number of nitrogens with one attached hydrogen (secondary N) is 2. The second-order valence-electron chi connectivity index (χ2n) is 6.26. The Morgan fingerprint density at radius 3 is 2.61 bits per heavy atom. The van der Waals surface area contributed by atoms with Crippen molar-refractivity contribution in [2.75, 3.05) is 11.9 Å². The van der Waals surface area contributed by atoms with Gasteiger partial charge in [-0.15, -0.1) is 0 Å². The van der Waals surface area contributed by atoms with Gasteiger partial charge >= 0.3 is 0 Å². The van der Waals surface area contributed by atoms with Crippen molar-refractivity contribution in [2.24, 2.45) is 4.99 Å². The highest BCUT2D eigenvalue weighted by atomic mass is 32.2. The second kappa shape index (κ2) is 8.39. The number of thioether (sulfide) groups is 1. The molecule has 1 aromatic carbocycles. The van der Waals surface area contributed by atoms with Crippen LogP contribution in [0.4, 0.5) is 5.69 Å². The Hall–Kier alpha value is -1.49. The van der Waals surface area contributed by atoms with Crippen molar-refractivity contribution in [2.45, 2.75) is 56.2 Å². The van der Waals surface area contributed by atoms with Gasteiger partial charge < -0.3 is 10.6 Å². The maximum atomic E-state index is 12.1. The van der Waals surface area contributed by atoms with E-state index >= 15 is 0 Å². The topological polar surface area (TPSA) is 53.5 Å². The maximum absolute atomic E-state index is 12.1. The van der Waals surface area contributed by atoms with E-state index in [0.29, 0.717) is 6.04 Å². The minimum Gasteiger partial charge on any atom is -0.385 e. The van der Waals surface area contributed by atoms with Crippen LogP contribution < -0.4 is 10.6 Å². The third-order valence-corrected chi connectivity index (χ3v) is 5.58. The van der Waals surface area contributed by atoms with Crippen molar-refractivity contribution < 1.29 is 4.79 Å². The van der Waals surface area contributed by atoms with Crippen LogP contribution in [0.3, 0.4) is 0 Å². The van der Waals surface area contributed by atoms with Gasteiger partial charge in [0.2, 0.25) is 5.91 Å². The van der Waals surface area contributed by atoms with E-state index in [2.05, 4.69) is 10.6 Å². The molecule has 1 aliphatic heterocycles. The summed E-state index contributed by atoms with van der Waals surface area (Å²) in [5.74, 6) is 0.109. The summed E-state index contributed by atoms with van der Waals surface area (Å²) in [4.78, 5) is 16.9. The van der Waals surface area contributed by atoms with Gasteiger partial charge in [0.15, 0.2) is 5.17 Å². The molecule has 1 aliphatic carbocycles. The summed E-state index contributed by atoms with van der Waals surface area (Å²) in [7, 11) is 0. The van der Waals surface area contributed by atoms with E-state index in [4.69, 9.17) is 4.99 Å². The number of para-hydroxylation sites is 1. The zero-order chi connectivity index (χ0) is 15.9. The van der Waals surface area contributed by atoms with Gasteiger partial charge in [-0.2, -0.15) is 0 Å². The average Bonchev–Trinajstić information content (AvgIpc) is 2.76. The summed E-state index contributed by atoms with van der Waals surface area (Å²) in [6.07, 6.45) is 8.34. The van der Waals surface area contributed by atoms with Crippen molar-refractivity contribution in [1.29, 1.82) is 0 Å². The lowest BCUT2D eigenvalue weighted by Gasteiger charge is -2.09. The Labute approximate surface area is 142 Å². The van der Waals surface area contributed by atoms with Gasteiger partial charge in [-0.05, 0) is 31.4 Å². The third-order valence-electron chi connectivity index (χ3n) is 4.41. The molecule has 23 heavy (non-hydrogen) atoms. The fraction of sp³-hybridized carbons (Fsp3) is 0.556. The summed E-state index contributed by atoms with van der Waals surface area (Å²) in [5, 5.41) is 7.15. The lowest BCUT2D eigenvalue weighted by atomic mass is 10.1.